The van der Waals surface area contributed by atoms with Crippen LogP contribution in [0.1, 0.15) is 48.0 Å². The molecule has 0 bridgehead atoms. The number of hydrogen-bond donors (Lipinski definition) is 0. The molecular formula is C24H21F3N2O3. The third-order valence-corrected chi connectivity index (χ3v) is 5.61. The molecule has 0 radical (unpaired) electrons. The molecule has 8 heteroatoms. The van der Waals surface area contributed by atoms with Gasteiger partial charge in [0.05, 0.1) is 17.9 Å². The topological polar surface area (TPSA) is 53.8 Å². The monoisotopic (exact) mass is 442 g/mol. The summed E-state index contributed by atoms with van der Waals surface area (Å²) >= 11 is 0. The van der Waals surface area contributed by atoms with Crippen molar-refractivity contribution in [3.05, 3.63) is 83.8 Å². The molecule has 1 aromatic heterocycles. The number of para-hydroxylation sites is 1. The maximum absolute atomic E-state index is 13.5. The van der Waals surface area contributed by atoms with Crippen molar-refractivity contribution in [2.45, 2.75) is 38.5 Å². The van der Waals surface area contributed by atoms with Crippen molar-refractivity contribution < 1.29 is 27.2 Å². The van der Waals surface area contributed by atoms with E-state index in [0.29, 0.717) is 11.4 Å². The molecule has 32 heavy (non-hydrogen) atoms. The molecule has 0 N–H and O–H groups in total. The van der Waals surface area contributed by atoms with Gasteiger partial charge >= 0.3 is 6.18 Å². The third kappa shape index (κ3) is 3.88. The zero-order chi connectivity index (χ0) is 23.0. The minimum Gasteiger partial charge on any atom is -0.459 e. The second-order valence-electron chi connectivity index (χ2n) is 7.75. The first-order valence-electron chi connectivity index (χ1n) is 10.1. The average molecular weight is 442 g/mol. The van der Waals surface area contributed by atoms with Crippen LogP contribution in [0.5, 0.6) is 0 Å². The van der Waals surface area contributed by atoms with Crippen molar-refractivity contribution in [3.8, 4) is 0 Å². The third-order valence-electron chi connectivity index (χ3n) is 5.61. The summed E-state index contributed by atoms with van der Waals surface area (Å²) in [5.41, 5.74) is 0.325. The van der Waals surface area contributed by atoms with E-state index in [1.54, 1.807) is 43.3 Å². The molecule has 2 aromatic carbocycles. The Hall–Kier alpha value is -3.55. The summed E-state index contributed by atoms with van der Waals surface area (Å²) in [6, 6.07) is 14.1. The SMILES string of the molecule is CC(=O)N(c1ccccc1)C1CC(C)N(C(=O)c2ccco2)c2ccc(C(F)(F)F)cc21. The Bertz CT molecular complexity index is 1130. The van der Waals surface area contributed by atoms with E-state index >= 15 is 0 Å². The van der Waals surface area contributed by atoms with Gasteiger partial charge in [-0.1, -0.05) is 18.2 Å². The minimum absolute atomic E-state index is 0.0904. The first-order valence-corrected chi connectivity index (χ1v) is 10.1. The summed E-state index contributed by atoms with van der Waals surface area (Å²) in [5.74, 6) is -0.661. The number of halogens is 3. The van der Waals surface area contributed by atoms with Gasteiger partial charge < -0.3 is 14.2 Å². The van der Waals surface area contributed by atoms with Crippen LogP contribution in [0, 0.1) is 0 Å². The van der Waals surface area contributed by atoms with Crippen molar-refractivity contribution in [2.75, 3.05) is 9.80 Å². The van der Waals surface area contributed by atoms with E-state index in [1.165, 1.54) is 35.1 Å². The van der Waals surface area contributed by atoms with Crippen LogP contribution in [-0.4, -0.2) is 17.9 Å². The number of hydrogen-bond acceptors (Lipinski definition) is 3. The smallest absolute Gasteiger partial charge is 0.416 e. The van der Waals surface area contributed by atoms with Crippen LogP contribution in [-0.2, 0) is 11.0 Å². The van der Waals surface area contributed by atoms with Crippen molar-refractivity contribution in [3.63, 3.8) is 0 Å². The highest BCUT2D eigenvalue weighted by molar-refractivity contribution is 6.06. The number of rotatable bonds is 3. The number of furan rings is 1. The van der Waals surface area contributed by atoms with Crippen molar-refractivity contribution in [1.82, 2.24) is 0 Å². The molecule has 1 aliphatic heterocycles. The van der Waals surface area contributed by atoms with E-state index in [1.807, 2.05) is 0 Å². The largest absolute Gasteiger partial charge is 0.459 e. The molecule has 2 unspecified atom stereocenters. The summed E-state index contributed by atoms with van der Waals surface area (Å²) in [6.07, 6.45) is -2.94. The second kappa shape index (κ2) is 8.18. The Labute approximate surface area is 183 Å². The number of carbonyl (C=O) groups is 2. The van der Waals surface area contributed by atoms with Crippen LogP contribution in [0.4, 0.5) is 24.5 Å². The molecule has 2 atom stereocenters. The first kappa shape index (κ1) is 21.7. The lowest BCUT2D eigenvalue weighted by molar-refractivity contribution is -0.137. The van der Waals surface area contributed by atoms with Crippen molar-refractivity contribution >= 4 is 23.2 Å². The Balaban J connectivity index is 1.88. The molecule has 2 amide bonds. The standard InChI is InChI=1S/C24H21F3N2O3/c1-15-13-21(29(16(2)30)18-7-4-3-5-8-18)19-14-17(24(25,26)27)10-11-20(19)28(15)23(31)22-9-6-12-32-22/h3-12,14-15,21H,13H2,1-2H3. The van der Waals surface area contributed by atoms with Gasteiger partial charge in [-0.3, -0.25) is 9.59 Å². The van der Waals surface area contributed by atoms with Crippen LogP contribution in [0.15, 0.2) is 71.3 Å². The highest BCUT2D eigenvalue weighted by Gasteiger charge is 2.41. The van der Waals surface area contributed by atoms with Gasteiger partial charge in [-0.2, -0.15) is 13.2 Å². The minimum atomic E-state index is -4.56. The highest BCUT2D eigenvalue weighted by atomic mass is 19.4. The predicted molar refractivity (Wildman–Crippen MR) is 113 cm³/mol. The van der Waals surface area contributed by atoms with E-state index in [2.05, 4.69) is 0 Å². The molecule has 0 spiro atoms. The fourth-order valence-corrected chi connectivity index (χ4v) is 4.25. The van der Waals surface area contributed by atoms with Gasteiger partial charge in [-0.25, -0.2) is 0 Å². The summed E-state index contributed by atoms with van der Waals surface area (Å²) in [7, 11) is 0. The molecule has 0 fully saturated rings. The molecule has 5 nitrogen and oxygen atoms in total. The van der Waals surface area contributed by atoms with Crippen LogP contribution < -0.4 is 9.80 Å². The van der Waals surface area contributed by atoms with Gasteiger partial charge in [-0.05, 0) is 61.4 Å². The molecule has 3 aromatic rings. The summed E-state index contributed by atoms with van der Waals surface area (Å²) in [5, 5.41) is 0. The maximum Gasteiger partial charge on any atom is 0.416 e. The zero-order valence-electron chi connectivity index (χ0n) is 17.5. The summed E-state index contributed by atoms with van der Waals surface area (Å²) in [4.78, 5) is 28.7. The lowest BCUT2D eigenvalue weighted by atomic mass is 9.88. The van der Waals surface area contributed by atoms with E-state index in [4.69, 9.17) is 4.42 Å². The lowest BCUT2D eigenvalue weighted by Gasteiger charge is -2.43. The molecule has 0 aliphatic carbocycles. The van der Waals surface area contributed by atoms with E-state index in [0.717, 1.165) is 12.1 Å². The fraction of sp³-hybridized carbons (Fsp3) is 0.250. The summed E-state index contributed by atoms with van der Waals surface area (Å²) in [6.45, 7) is 3.18. The maximum atomic E-state index is 13.5. The number of carbonyl (C=O) groups excluding carboxylic acids is 2. The van der Waals surface area contributed by atoms with Gasteiger partial charge in [-0.15, -0.1) is 0 Å². The van der Waals surface area contributed by atoms with E-state index < -0.39 is 29.7 Å². The Kier molecular flexibility index (Phi) is 5.54. The van der Waals surface area contributed by atoms with Gasteiger partial charge in [0.15, 0.2) is 5.76 Å². The van der Waals surface area contributed by atoms with Crippen LogP contribution >= 0.6 is 0 Å². The fourth-order valence-electron chi connectivity index (χ4n) is 4.25. The molecule has 2 heterocycles. The molecule has 166 valence electrons. The highest BCUT2D eigenvalue weighted by Crippen LogP contribution is 2.45. The average Bonchev–Trinajstić information content (AvgIpc) is 3.28. The molecule has 0 saturated heterocycles. The molecule has 4 rings (SSSR count). The molecular weight excluding hydrogens is 421 g/mol. The Morgan fingerprint density at radius 3 is 2.38 bits per heavy atom. The molecule has 0 saturated carbocycles. The van der Waals surface area contributed by atoms with Crippen molar-refractivity contribution in [1.29, 1.82) is 0 Å². The normalized spacial score (nSPS) is 18.2. The van der Waals surface area contributed by atoms with E-state index in [9.17, 15) is 22.8 Å². The first-order chi connectivity index (χ1) is 15.2. The van der Waals surface area contributed by atoms with Gasteiger partial charge in [0.25, 0.3) is 5.91 Å². The van der Waals surface area contributed by atoms with E-state index in [-0.39, 0.29) is 23.7 Å². The number of benzene rings is 2. The number of fused-ring (bicyclic) bond motifs is 1. The zero-order valence-corrected chi connectivity index (χ0v) is 17.5. The van der Waals surface area contributed by atoms with Crippen LogP contribution in [0.3, 0.4) is 0 Å². The van der Waals surface area contributed by atoms with Crippen molar-refractivity contribution in [2.24, 2.45) is 0 Å². The van der Waals surface area contributed by atoms with Crippen LogP contribution in [0.2, 0.25) is 0 Å². The second-order valence-corrected chi connectivity index (χ2v) is 7.75. The summed E-state index contributed by atoms with van der Waals surface area (Å²) < 4.78 is 45.9. The number of amides is 2. The van der Waals surface area contributed by atoms with Gasteiger partial charge in [0.2, 0.25) is 5.91 Å². The number of alkyl halides is 3. The Morgan fingerprint density at radius 1 is 1.06 bits per heavy atom. The predicted octanol–water partition coefficient (Wildman–Crippen LogP) is 5.83. The number of anilines is 2. The lowest BCUT2D eigenvalue weighted by Crippen LogP contribution is -2.47. The van der Waals surface area contributed by atoms with Crippen LogP contribution in [0.25, 0.3) is 0 Å². The van der Waals surface area contributed by atoms with Gasteiger partial charge in [0, 0.05) is 24.3 Å². The number of nitrogens with zero attached hydrogens (tertiary/aromatic N) is 2. The quantitative estimate of drug-likeness (QED) is 0.513. The molecule has 1 aliphatic rings. The van der Waals surface area contributed by atoms with Gasteiger partial charge in [0.1, 0.15) is 0 Å². The Morgan fingerprint density at radius 2 is 1.78 bits per heavy atom.